The molecule has 0 amide bonds. The highest BCUT2D eigenvalue weighted by Crippen LogP contribution is 2.78. The molecule has 0 aliphatic carbocycles. The van der Waals surface area contributed by atoms with Gasteiger partial charge in [0.15, 0.2) is 11.5 Å². The molecule has 2 aliphatic rings. The molecule has 0 saturated carbocycles. The Morgan fingerprint density at radius 1 is 0.547 bits per heavy atom. The van der Waals surface area contributed by atoms with E-state index in [2.05, 4.69) is 0 Å². The van der Waals surface area contributed by atoms with Crippen LogP contribution in [0.1, 0.15) is 0 Å². The highest BCUT2D eigenvalue weighted by Gasteiger charge is 2.58. The van der Waals surface area contributed by atoms with Crippen molar-refractivity contribution in [3.8, 4) is 40.2 Å². The van der Waals surface area contributed by atoms with Crippen molar-refractivity contribution in [3.63, 3.8) is 0 Å². The van der Waals surface area contributed by atoms with Gasteiger partial charge in [0.2, 0.25) is 0 Å². The number of para-hydroxylation sites is 7. The molecule has 8 rings (SSSR count). The maximum absolute atomic E-state index is 7.10. The quantitative estimate of drug-likeness (QED) is 0.0742. The van der Waals surface area contributed by atoms with Gasteiger partial charge in [0, 0.05) is 9.21 Å². The number of benzene rings is 6. The molecule has 0 bridgehead atoms. The van der Waals surface area contributed by atoms with Gasteiger partial charge in [-0.1, -0.05) is 103 Å². The first kappa shape index (κ1) is 34.9. The molecule has 1 fully saturated rings. The van der Waals surface area contributed by atoms with E-state index < -0.39 is 24.6 Å². The molecular weight excluding hydrogens is 731 g/mol. The molecule has 2 heterocycles. The minimum Gasteiger partial charge on any atom is -0.487 e. The standard InChI is InChI=1S/C39H34N3O8P3/c1-6-18-32(19-7-1)45-41-51(47-34-22-10-3-11-23-34)40-53(49-36-26-14-5-15-27-36,50-39-29-17-16-28-38(39)44-31-37-30-43-37)42(46-33-20-8-2-9-21-33)52(41)48-35-24-12-4-13-25-35/h1-29,37H,30-31H2. The second-order valence-corrected chi connectivity index (χ2v) is 16.9. The monoisotopic (exact) mass is 765 g/mol. The fraction of sp³-hybridized carbons (Fsp3) is 0.0769. The van der Waals surface area contributed by atoms with Crippen LogP contribution < -0.4 is 32.5 Å². The van der Waals surface area contributed by atoms with Crippen molar-refractivity contribution in [2.45, 2.75) is 6.10 Å². The molecule has 4 atom stereocenters. The molecule has 6 aromatic carbocycles. The summed E-state index contributed by atoms with van der Waals surface area (Å²) in [5.41, 5.74) is 0. The first-order chi connectivity index (χ1) is 26.2. The van der Waals surface area contributed by atoms with E-state index in [1.807, 2.05) is 176 Å². The Balaban J connectivity index is 1.35. The Morgan fingerprint density at radius 3 is 1.58 bits per heavy atom. The van der Waals surface area contributed by atoms with Crippen LogP contribution in [-0.2, 0) is 4.74 Å². The summed E-state index contributed by atoms with van der Waals surface area (Å²) in [4.78, 5) is 13.5. The van der Waals surface area contributed by atoms with Gasteiger partial charge in [-0.25, -0.2) is 0 Å². The maximum atomic E-state index is 7.10. The van der Waals surface area contributed by atoms with E-state index >= 15 is 0 Å². The van der Waals surface area contributed by atoms with Crippen LogP contribution in [0.4, 0.5) is 0 Å². The third-order valence-electron chi connectivity index (χ3n) is 7.43. The van der Waals surface area contributed by atoms with E-state index in [0.717, 1.165) is 0 Å². The van der Waals surface area contributed by atoms with Crippen LogP contribution in [0.25, 0.3) is 0 Å². The third-order valence-corrected chi connectivity index (χ3v) is 14.3. The topological polar surface area (TPSA) is 96.0 Å². The van der Waals surface area contributed by atoms with Gasteiger partial charge in [-0.15, -0.1) is 4.52 Å². The molecule has 0 aromatic heterocycles. The maximum Gasteiger partial charge on any atom is 0.447 e. The van der Waals surface area contributed by atoms with Crippen LogP contribution in [0.2, 0.25) is 0 Å². The van der Waals surface area contributed by atoms with Gasteiger partial charge in [0.1, 0.15) is 41.5 Å². The molecule has 0 N–H and O–H groups in total. The van der Waals surface area contributed by atoms with Crippen LogP contribution in [0.5, 0.6) is 40.2 Å². The van der Waals surface area contributed by atoms with Crippen LogP contribution in [0, 0.1) is 0 Å². The van der Waals surface area contributed by atoms with Crippen molar-refractivity contribution in [3.05, 3.63) is 176 Å². The Bertz CT molecular complexity index is 2100. The second kappa shape index (κ2) is 16.7. The third kappa shape index (κ3) is 8.93. The van der Waals surface area contributed by atoms with Crippen LogP contribution in [0.3, 0.4) is 0 Å². The van der Waals surface area contributed by atoms with Crippen molar-refractivity contribution < 1.29 is 37.2 Å². The lowest BCUT2D eigenvalue weighted by molar-refractivity contribution is 0.0544. The predicted molar refractivity (Wildman–Crippen MR) is 205 cm³/mol. The molecule has 268 valence electrons. The van der Waals surface area contributed by atoms with Gasteiger partial charge in [-0.05, 0) is 72.8 Å². The predicted octanol–water partition coefficient (Wildman–Crippen LogP) is 11.1. The largest absolute Gasteiger partial charge is 0.487 e. The van der Waals surface area contributed by atoms with E-state index in [4.69, 9.17) is 41.8 Å². The zero-order chi connectivity index (χ0) is 35.7. The Kier molecular flexibility index (Phi) is 11.0. The van der Waals surface area contributed by atoms with Gasteiger partial charge in [-0.3, -0.25) is 0 Å². The highest BCUT2D eigenvalue weighted by atomic mass is 31.3. The zero-order valence-electron chi connectivity index (χ0n) is 28.2. The zero-order valence-corrected chi connectivity index (χ0v) is 30.9. The first-order valence-corrected chi connectivity index (χ1v) is 20.6. The lowest BCUT2D eigenvalue weighted by Crippen LogP contribution is -2.37. The van der Waals surface area contributed by atoms with Gasteiger partial charge in [-0.2, -0.15) is 0 Å². The molecule has 6 aromatic rings. The summed E-state index contributed by atoms with van der Waals surface area (Å²) in [5, 5.41) is 0. The number of nitrogens with zero attached hydrogens (tertiary/aromatic N) is 3. The van der Waals surface area contributed by atoms with Crippen LogP contribution in [0.15, 0.2) is 180 Å². The molecular formula is C39H34N3O8P3. The summed E-state index contributed by atoms with van der Waals surface area (Å²) >= 11 is 0. The molecule has 4 unspecified atom stereocenters. The minimum atomic E-state index is -3.89. The fourth-order valence-electron chi connectivity index (χ4n) is 4.84. The van der Waals surface area contributed by atoms with Gasteiger partial charge in [0.25, 0.3) is 0 Å². The van der Waals surface area contributed by atoms with E-state index in [9.17, 15) is 0 Å². The van der Waals surface area contributed by atoms with Crippen molar-refractivity contribution in [1.82, 2.24) is 9.21 Å². The summed E-state index contributed by atoms with van der Waals surface area (Å²) in [7, 11) is -8.18. The second-order valence-electron chi connectivity index (χ2n) is 11.4. The summed E-state index contributed by atoms with van der Waals surface area (Å²) in [6, 6.07) is 54.2. The molecule has 14 heteroatoms. The van der Waals surface area contributed by atoms with Crippen LogP contribution >= 0.6 is 24.6 Å². The highest BCUT2D eigenvalue weighted by molar-refractivity contribution is 7.78. The number of epoxide rings is 1. The van der Waals surface area contributed by atoms with Crippen molar-refractivity contribution >= 4 is 24.6 Å². The van der Waals surface area contributed by atoms with E-state index in [1.165, 1.54) is 0 Å². The molecule has 53 heavy (non-hydrogen) atoms. The number of hydrogen-bond acceptors (Lipinski definition) is 11. The molecule has 0 spiro atoms. The smallest absolute Gasteiger partial charge is 0.447 e. The average molecular weight is 766 g/mol. The number of rotatable bonds is 15. The average Bonchev–Trinajstić information content (AvgIpc) is 4.04. The SMILES string of the molecule is c1ccc(ON2P(Oc3ccccc3)N=P(Oc3ccccc3)(Oc3ccccc3OCC3CO3)N(Oc3ccccc3)P2Oc2ccccc2)cc1. The Labute approximate surface area is 310 Å². The number of ether oxygens (including phenoxy) is 2. The van der Waals surface area contributed by atoms with Crippen molar-refractivity contribution in [2.75, 3.05) is 13.2 Å². The summed E-state index contributed by atoms with van der Waals surface area (Å²) < 4.78 is 47.9. The molecule has 1 saturated heterocycles. The lowest BCUT2D eigenvalue weighted by Gasteiger charge is -2.43. The van der Waals surface area contributed by atoms with Crippen molar-refractivity contribution in [2.24, 2.45) is 4.52 Å². The summed E-state index contributed by atoms with van der Waals surface area (Å²) in [6.45, 7) is 1.00. The van der Waals surface area contributed by atoms with E-state index in [1.54, 1.807) is 9.21 Å². The molecule has 0 radical (unpaired) electrons. The van der Waals surface area contributed by atoms with Gasteiger partial charge < -0.3 is 37.2 Å². The Morgan fingerprint density at radius 2 is 1.02 bits per heavy atom. The van der Waals surface area contributed by atoms with Gasteiger partial charge >= 0.3 is 24.6 Å². The van der Waals surface area contributed by atoms with E-state index in [-0.39, 0.29) is 6.10 Å². The van der Waals surface area contributed by atoms with E-state index in [0.29, 0.717) is 53.5 Å². The molecule has 11 nitrogen and oxygen atoms in total. The Hall–Kier alpha value is -5.11. The fourth-order valence-corrected chi connectivity index (χ4v) is 12.3. The van der Waals surface area contributed by atoms with Gasteiger partial charge in [0.05, 0.1) is 6.61 Å². The molecule has 2 aliphatic heterocycles. The van der Waals surface area contributed by atoms with Crippen molar-refractivity contribution in [1.29, 1.82) is 0 Å². The normalized spacial score (nSPS) is 21.0. The number of hydrogen-bond donors (Lipinski definition) is 0. The summed E-state index contributed by atoms with van der Waals surface area (Å²) in [6.07, 6.45) is 0.0209. The minimum absolute atomic E-state index is 0.0209. The summed E-state index contributed by atoms with van der Waals surface area (Å²) in [5.74, 6) is 3.47. The van der Waals surface area contributed by atoms with Crippen LogP contribution in [-0.4, -0.2) is 28.5 Å². The lowest BCUT2D eigenvalue weighted by atomic mass is 10.3. The first-order valence-electron chi connectivity index (χ1n) is 16.7.